The first-order valence-electron chi connectivity index (χ1n) is 11.1. The molecule has 0 amide bonds. The summed E-state index contributed by atoms with van der Waals surface area (Å²) in [5.74, 6) is 0.455. The third-order valence-electron chi connectivity index (χ3n) is 7.28. The molecule has 0 aromatic heterocycles. The number of hydrogen-bond donors (Lipinski definition) is 3. The highest BCUT2D eigenvalue weighted by Crippen LogP contribution is 2.50. The second-order valence-corrected chi connectivity index (χ2v) is 9.22. The van der Waals surface area contributed by atoms with E-state index in [1.54, 1.807) is 18.2 Å². The minimum atomic E-state index is -0.904. The fraction of sp³-hybridized carbons (Fsp3) is 0.560. The smallest absolute Gasteiger partial charge is 0.335 e. The Balaban J connectivity index is 1.43. The fourth-order valence-electron chi connectivity index (χ4n) is 5.76. The van der Waals surface area contributed by atoms with Crippen LogP contribution in [0.5, 0.6) is 0 Å². The lowest BCUT2D eigenvalue weighted by Crippen LogP contribution is -2.22. The van der Waals surface area contributed by atoms with Crippen LogP contribution in [-0.2, 0) is 0 Å². The molecule has 0 radical (unpaired) electrons. The van der Waals surface area contributed by atoms with E-state index in [2.05, 4.69) is 12.2 Å². The lowest BCUT2D eigenvalue weighted by atomic mass is 9.84. The van der Waals surface area contributed by atoms with Crippen LogP contribution < -0.4 is 0 Å². The number of fused-ring (bicyclic) bond motifs is 1. The molecule has 156 valence electrons. The van der Waals surface area contributed by atoms with E-state index in [1.807, 2.05) is 12.1 Å². The van der Waals surface area contributed by atoms with Crippen molar-refractivity contribution in [1.82, 2.24) is 0 Å². The number of aliphatic hydroxyl groups excluding tert-OH is 2. The normalized spacial score (nSPS) is 32.7. The Morgan fingerprint density at radius 2 is 1.93 bits per heavy atom. The van der Waals surface area contributed by atoms with Crippen LogP contribution in [0.2, 0.25) is 0 Å². The number of hydrogen-bond acceptors (Lipinski definition) is 3. The highest BCUT2D eigenvalue weighted by molar-refractivity contribution is 5.88. The Bertz CT molecular complexity index is 790. The van der Waals surface area contributed by atoms with Crippen molar-refractivity contribution in [3.8, 4) is 0 Å². The van der Waals surface area contributed by atoms with Crippen molar-refractivity contribution in [2.45, 2.75) is 63.6 Å². The first kappa shape index (κ1) is 20.4. The molecule has 29 heavy (non-hydrogen) atoms. The summed E-state index contributed by atoms with van der Waals surface area (Å²) in [4.78, 5) is 11.2. The van der Waals surface area contributed by atoms with Crippen molar-refractivity contribution in [3.63, 3.8) is 0 Å². The largest absolute Gasteiger partial charge is 0.478 e. The number of carbonyl (C=O) groups is 1. The first-order chi connectivity index (χ1) is 14.0. The molecule has 0 heterocycles. The molecular weight excluding hydrogens is 364 g/mol. The number of aliphatic hydroxyl groups is 2. The van der Waals surface area contributed by atoms with Gasteiger partial charge in [0.25, 0.3) is 0 Å². The van der Waals surface area contributed by atoms with Gasteiger partial charge in [0.15, 0.2) is 0 Å². The van der Waals surface area contributed by atoms with Crippen molar-refractivity contribution in [3.05, 3.63) is 53.1 Å². The molecule has 3 aliphatic rings. The lowest BCUT2D eigenvalue weighted by Gasteiger charge is -2.25. The second kappa shape index (κ2) is 8.85. The maximum atomic E-state index is 11.2. The van der Waals surface area contributed by atoms with Gasteiger partial charge in [-0.1, -0.05) is 55.2 Å². The van der Waals surface area contributed by atoms with Crippen LogP contribution in [0.25, 0.3) is 6.08 Å². The molecule has 0 spiro atoms. The molecule has 4 heteroatoms. The van der Waals surface area contributed by atoms with Gasteiger partial charge in [0.1, 0.15) is 0 Å². The summed E-state index contributed by atoms with van der Waals surface area (Å²) >= 11 is 0. The summed E-state index contributed by atoms with van der Waals surface area (Å²) in [6.45, 7) is 0. The Labute approximate surface area is 173 Å². The molecule has 3 fully saturated rings. The zero-order chi connectivity index (χ0) is 20.4. The zero-order valence-corrected chi connectivity index (χ0v) is 16.9. The van der Waals surface area contributed by atoms with E-state index in [4.69, 9.17) is 0 Å². The molecule has 0 saturated heterocycles. The molecule has 1 aromatic rings. The quantitative estimate of drug-likeness (QED) is 0.632. The molecule has 3 saturated carbocycles. The third-order valence-corrected chi connectivity index (χ3v) is 7.28. The van der Waals surface area contributed by atoms with Crippen molar-refractivity contribution in [2.24, 2.45) is 23.7 Å². The molecule has 5 atom stereocenters. The minimum absolute atomic E-state index is 0.106. The number of carboxylic acid groups (broad SMARTS) is 1. The van der Waals surface area contributed by atoms with Gasteiger partial charge < -0.3 is 15.3 Å². The van der Waals surface area contributed by atoms with Crippen LogP contribution in [0.4, 0.5) is 0 Å². The second-order valence-electron chi connectivity index (χ2n) is 9.22. The van der Waals surface area contributed by atoms with Gasteiger partial charge in [0.05, 0.1) is 17.8 Å². The van der Waals surface area contributed by atoms with Gasteiger partial charge >= 0.3 is 5.97 Å². The third kappa shape index (κ3) is 4.65. The van der Waals surface area contributed by atoms with Gasteiger partial charge in [-0.25, -0.2) is 4.79 Å². The average molecular weight is 397 g/mol. The van der Waals surface area contributed by atoms with E-state index < -0.39 is 12.1 Å². The fourth-order valence-corrected chi connectivity index (χ4v) is 5.76. The van der Waals surface area contributed by atoms with Crippen molar-refractivity contribution in [1.29, 1.82) is 0 Å². The van der Waals surface area contributed by atoms with Gasteiger partial charge in [-0.05, 0) is 67.6 Å². The van der Waals surface area contributed by atoms with Crippen LogP contribution in [0.15, 0.2) is 42.0 Å². The average Bonchev–Trinajstić information content (AvgIpc) is 3.23. The predicted molar refractivity (Wildman–Crippen MR) is 113 cm³/mol. The summed E-state index contributed by atoms with van der Waals surface area (Å²) < 4.78 is 0. The maximum Gasteiger partial charge on any atom is 0.335 e. The molecule has 4 rings (SSSR count). The van der Waals surface area contributed by atoms with Gasteiger partial charge in [-0.2, -0.15) is 0 Å². The highest BCUT2D eigenvalue weighted by Gasteiger charge is 2.45. The Kier molecular flexibility index (Phi) is 6.21. The van der Waals surface area contributed by atoms with Crippen LogP contribution >= 0.6 is 0 Å². The van der Waals surface area contributed by atoms with Crippen LogP contribution in [0.3, 0.4) is 0 Å². The molecule has 3 N–H and O–H groups in total. The number of aromatic carboxylic acids is 1. The van der Waals surface area contributed by atoms with E-state index in [0.29, 0.717) is 23.3 Å². The van der Waals surface area contributed by atoms with E-state index in [-0.39, 0.29) is 12.0 Å². The zero-order valence-electron chi connectivity index (χ0n) is 16.9. The lowest BCUT2D eigenvalue weighted by molar-refractivity contribution is 0.0696. The van der Waals surface area contributed by atoms with E-state index in [1.165, 1.54) is 24.8 Å². The molecule has 0 bridgehead atoms. The van der Waals surface area contributed by atoms with E-state index in [0.717, 1.165) is 37.7 Å². The van der Waals surface area contributed by atoms with Crippen molar-refractivity contribution >= 4 is 12.0 Å². The molecule has 1 aromatic carbocycles. The van der Waals surface area contributed by atoms with E-state index in [9.17, 15) is 20.1 Å². The molecule has 4 nitrogen and oxygen atoms in total. The highest BCUT2D eigenvalue weighted by atomic mass is 16.4. The number of benzene rings is 1. The summed E-state index contributed by atoms with van der Waals surface area (Å²) in [5, 5.41) is 30.3. The summed E-state index contributed by atoms with van der Waals surface area (Å²) in [5.41, 5.74) is 2.58. The monoisotopic (exact) mass is 396 g/mol. The van der Waals surface area contributed by atoms with E-state index >= 15 is 0 Å². The Hall–Kier alpha value is -1.91. The first-order valence-corrected chi connectivity index (χ1v) is 11.1. The van der Waals surface area contributed by atoms with Crippen LogP contribution in [0.1, 0.15) is 67.3 Å². The number of carboxylic acids is 1. The molecule has 0 unspecified atom stereocenters. The Morgan fingerprint density at radius 3 is 2.69 bits per heavy atom. The van der Waals surface area contributed by atoms with Gasteiger partial charge in [0.2, 0.25) is 0 Å². The van der Waals surface area contributed by atoms with Crippen LogP contribution in [0, 0.1) is 23.7 Å². The summed E-state index contributed by atoms with van der Waals surface area (Å²) in [6, 6.07) is 7.06. The molecular formula is C25H32O4. The summed E-state index contributed by atoms with van der Waals surface area (Å²) in [6.07, 6.45) is 14.1. The van der Waals surface area contributed by atoms with Crippen LogP contribution in [-0.4, -0.2) is 33.5 Å². The number of rotatable bonds is 5. The topological polar surface area (TPSA) is 77.8 Å². The standard InChI is InChI=1S/C25H32O4/c26-23(18-6-2-1-3-7-18)10-9-21-22-14-17(13-20(22)15-24(21)27)11-16-5-4-8-19(12-16)25(28)29/h4-5,8-12,18,20-24,26-27H,1-3,6-7,13-15H2,(H,28,29)/b10-9+,17-11-/t20-,21+,22-,23+,24+/m0/s1. The summed E-state index contributed by atoms with van der Waals surface area (Å²) in [7, 11) is 0. The number of allylic oxidation sites excluding steroid dienone is 1. The maximum absolute atomic E-state index is 11.2. The minimum Gasteiger partial charge on any atom is -0.478 e. The van der Waals surface area contributed by atoms with Crippen molar-refractivity contribution in [2.75, 3.05) is 0 Å². The molecule has 0 aliphatic heterocycles. The predicted octanol–water partition coefficient (Wildman–Crippen LogP) is 4.67. The molecule has 3 aliphatic carbocycles. The van der Waals surface area contributed by atoms with Gasteiger partial charge in [-0.15, -0.1) is 0 Å². The van der Waals surface area contributed by atoms with Gasteiger partial charge in [-0.3, -0.25) is 0 Å². The van der Waals surface area contributed by atoms with Crippen molar-refractivity contribution < 1.29 is 20.1 Å². The van der Waals surface area contributed by atoms with Gasteiger partial charge in [0, 0.05) is 5.92 Å². The Morgan fingerprint density at radius 1 is 1.14 bits per heavy atom. The SMILES string of the molecule is O=C(O)c1cccc(/C=C2/C[C@H]3C[C@@H](O)[C@H](/C=C/[C@@H](O)C4CCCCC4)[C@H]3C2)c1.